The minimum absolute atomic E-state index is 0.0981. The first-order chi connectivity index (χ1) is 9.31. The molecule has 0 radical (unpaired) electrons. The van der Waals surface area contributed by atoms with Crippen molar-refractivity contribution in [1.82, 2.24) is 4.90 Å². The molecule has 4 nitrogen and oxygen atoms in total. The maximum atomic E-state index is 13.6. The monoisotopic (exact) mass is 289 g/mol. The highest BCUT2D eigenvalue weighted by Crippen LogP contribution is 2.29. The molecule has 1 aliphatic carbocycles. The molecule has 1 aliphatic rings. The van der Waals surface area contributed by atoms with E-state index in [2.05, 4.69) is 0 Å². The van der Waals surface area contributed by atoms with Crippen LogP contribution in [0, 0.1) is 23.4 Å². The summed E-state index contributed by atoms with van der Waals surface area (Å²) in [5.74, 6) is -6.93. The average molecular weight is 289 g/mol. The van der Waals surface area contributed by atoms with Crippen molar-refractivity contribution in [3.8, 4) is 5.75 Å². The summed E-state index contributed by atoms with van der Waals surface area (Å²) < 4.78 is 39.7. The van der Waals surface area contributed by atoms with Crippen LogP contribution in [0.1, 0.15) is 23.2 Å². The van der Waals surface area contributed by atoms with E-state index in [1.54, 1.807) is 0 Å². The molecule has 1 fully saturated rings. The summed E-state index contributed by atoms with van der Waals surface area (Å²) >= 11 is 0. The Labute approximate surface area is 113 Å². The Morgan fingerprint density at radius 1 is 1.35 bits per heavy atom. The second-order valence-electron chi connectivity index (χ2n) is 5.06. The highest BCUT2D eigenvalue weighted by Gasteiger charge is 2.31. The van der Waals surface area contributed by atoms with Crippen molar-refractivity contribution in [3.63, 3.8) is 0 Å². The van der Waals surface area contributed by atoms with Crippen molar-refractivity contribution < 1.29 is 28.2 Å². The molecule has 0 heterocycles. The fraction of sp³-hybridized carbons (Fsp3) is 0.462. The third kappa shape index (κ3) is 2.58. The predicted octanol–water partition coefficient (Wildman–Crippen LogP) is 1.65. The zero-order valence-electron chi connectivity index (χ0n) is 10.7. The van der Waals surface area contributed by atoms with Crippen LogP contribution >= 0.6 is 0 Å². The lowest BCUT2D eigenvalue weighted by molar-refractivity contribution is 0.0264. The van der Waals surface area contributed by atoms with Crippen LogP contribution < -0.4 is 0 Å². The van der Waals surface area contributed by atoms with Gasteiger partial charge in [0, 0.05) is 13.6 Å². The van der Waals surface area contributed by atoms with Crippen molar-refractivity contribution >= 4 is 5.91 Å². The molecule has 1 aromatic carbocycles. The molecule has 0 spiro atoms. The SMILES string of the molecule is CN(CC1CC(O)C1)C(=O)c1cc(F)c(F)c(O)c1F. The summed E-state index contributed by atoms with van der Waals surface area (Å²) in [6, 6.07) is 0.429. The van der Waals surface area contributed by atoms with E-state index in [9.17, 15) is 18.0 Å². The van der Waals surface area contributed by atoms with Gasteiger partial charge in [-0.15, -0.1) is 0 Å². The molecule has 0 unspecified atom stereocenters. The van der Waals surface area contributed by atoms with Gasteiger partial charge in [-0.3, -0.25) is 4.79 Å². The maximum absolute atomic E-state index is 13.6. The van der Waals surface area contributed by atoms with Crippen LogP contribution in [-0.4, -0.2) is 40.7 Å². The fourth-order valence-corrected chi connectivity index (χ4v) is 2.27. The topological polar surface area (TPSA) is 60.8 Å². The molecule has 1 amide bonds. The van der Waals surface area contributed by atoms with E-state index >= 15 is 0 Å². The summed E-state index contributed by atoms with van der Waals surface area (Å²) in [4.78, 5) is 13.1. The molecule has 0 aromatic heterocycles. The van der Waals surface area contributed by atoms with E-state index in [1.807, 2.05) is 0 Å². The standard InChI is InChI=1S/C13H14F3NO3/c1-17(5-6-2-7(18)3-6)13(20)8-4-9(14)11(16)12(19)10(8)15/h4,6-7,18-19H,2-3,5H2,1H3. The zero-order chi connectivity index (χ0) is 15.0. The molecule has 1 aromatic rings. The zero-order valence-corrected chi connectivity index (χ0v) is 10.7. The molecule has 7 heteroatoms. The van der Waals surface area contributed by atoms with Gasteiger partial charge in [-0.1, -0.05) is 0 Å². The first kappa shape index (κ1) is 14.6. The molecular formula is C13H14F3NO3. The summed E-state index contributed by atoms with van der Waals surface area (Å²) in [7, 11) is 1.39. The van der Waals surface area contributed by atoms with Gasteiger partial charge in [0.25, 0.3) is 5.91 Å². The lowest BCUT2D eigenvalue weighted by Crippen LogP contribution is -2.39. The lowest BCUT2D eigenvalue weighted by Gasteiger charge is -2.34. The van der Waals surface area contributed by atoms with E-state index in [0.29, 0.717) is 18.9 Å². The number of hydrogen-bond acceptors (Lipinski definition) is 3. The largest absolute Gasteiger partial charge is 0.503 e. The Morgan fingerprint density at radius 3 is 2.50 bits per heavy atom. The van der Waals surface area contributed by atoms with Crippen molar-refractivity contribution in [2.24, 2.45) is 5.92 Å². The maximum Gasteiger partial charge on any atom is 0.256 e. The van der Waals surface area contributed by atoms with E-state index in [0.717, 1.165) is 4.90 Å². The average Bonchev–Trinajstić information content (AvgIpc) is 2.37. The summed E-state index contributed by atoms with van der Waals surface area (Å²) in [5.41, 5.74) is -0.719. The van der Waals surface area contributed by atoms with E-state index in [-0.39, 0.29) is 18.6 Å². The predicted molar refractivity (Wildman–Crippen MR) is 63.7 cm³/mol. The smallest absolute Gasteiger partial charge is 0.256 e. The van der Waals surface area contributed by atoms with Gasteiger partial charge in [-0.25, -0.2) is 8.78 Å². The Bertz CT molecular complexity index is 544. The lowest BCUT2D eigenvalue weighted by atomic mass is 9.82. The Balaban J connectivity index is 2.16. The summed E-state index contributed by atoms with van der Waals surface area (Å²) in [5, 5.41) is 18.2. The number of carbonyl (C=O) groups excluding carboxylic acids is 1. The van der Waals surface area contributed by atoms with Gasteiger partial charge in [0.15, 0.2) is 17.4 Å². The van der Waals surface area contributed by atoms with Gasteiger partial charge in [0.05, 0.1) is 11.7 Å². The number of carbonyl (C=O) groups is 1. The van der Waals surface area contributed by atoms with Crippen molar-refractivity contribution in [2.45, 2.75) is 18.9 Å². The molecule has 20 heavy (non-hydrogen) atoms. The minimum atomic E-state index is -1.72. The second kappa shape index (κ2) is 5.32. The Morgan fingerprint density at radius 2 is 1.95 bits per heavy atom. The third-order valence-electron chi connectivity index (χ3n) is 3.45. The van der Waals surface area contributed by atoms with Crippen LogP contribution in [0.4, 0.5) is 13.2 Å². The quantitative estimate of drug-likeness (QED) is 0.832. The van der Waals surface area contributed by atoms with Gasteiger partial charge < -0.3 is 15.1 Å². The number of halogens is 3. The van der Waals surface area contributed by atoms with Gasteiger partial charge in [0.1, 0.15) is 0 Å². The van der Waals surface area contributed by atoms with E-state index in [4.69, 9.17) is 10.2 Å². The van der Waals surface area contributed by atoms with E-state index < -0.39 is 34.7 Å². The number of rotatable bonds is 3. The third-order valence-corrected chi connectivity index (χ3v) is 3.45. The highest BCUT2D eigenvalue weighted by atomic mass is 19.2. The molecule has 0 aliphatic heterocycles. The van der Waals surface area contributed by atoms with Gasteiger partial charge in [-0.05, 0) is 24.8 Å². The molecule has 2 rings (SSSR count). The first-order valence-electron chi connectivity index (χ1n) is 6.11. The number of benzene rings is 1. The number of aliphatic hydroxyl groups excluding tert-OH is 1. The van der Waals surface area contributed by atoms with Crippen molar-refractivity contribution in [1.29, 1.82) is 0 Å². The fourth-order valence-electron chi connectivity index (χ4n) is 2.27. The number of phenols is 1. The molecule has 0 atom stereocenters. The number of phenolic OH excluding ortho intramolecular Hbond substituents is 1. The molecule has 0 saturated heterocycles. The highest BCUT2D eigenvalue weighted by molar-refractivity contribution is 5.94. The van der Waals surface area contributed by atoms with Gasteiger partial charge in [-0.2, -0.15) is 4.39 Å². The van der Waals surface area contributed by atoms with Crippen molar-refractivity contribution in [3.05, 3.63) is 29.1 Å². The van der Waals surface area contributed by atoms with Crippen LogP contribution in [-0.2, 0) is 0 Å². The molecule has 110 valence electrons. The van der Waals surface area contributed by atoms with Crippen LogP contribution in [0.15, 0.2) is 6.07 Å². The van der Waals surface area contributed by atoms with Gasteiger partial charge in [0.2, 0.25) is 5.82 Å². The molecule has 1 saturated carbocycles. The number of amides is 1. The van der Waals surface area contributed by atoms with Crippen molar-refractivity contribution in [2.75, 3.05) is 13.6 Å². The van der Waals surface area contributed by atoms with Crippen LogP contribution in [0.2, 0.25) is 0 Å². The van der Waals surface area contributed by atoms with E-state index in [1.165, 1.54) is 7.05 Å². The first-order valence-corrected chi connectivity index (χ1v) is 6.11. The minimum Gasteiger partial charge on any atom is -0.503 e. The summed E-state index contributed by atoms with van der Waals surface area (Å²) in [6.07, 6.45) is 0.708. The Hall–Kier alpha value is -1.76. The Kier molecular flexibility index (Phi) is 3.89. The molecule has 0 bridgehead atoms. The summed E-state index contributed by atoms with van der Waals surface area (Å²) in [6.45, 7) is 0.273. The number of aromatic hydroxyl groups is 1. The van der Waals surface area contributed by atoms with Gasteiger partial charge >= 0.3 is 0 Å². The van der Waals surface area contributed by atoms with Crippen LogP contribution in [0.5, 0.6) is 5.75 Å². The van der Waals surface area contributed by atoms with Crippen LogP contribution in [0.25, 0.3) is 0 Å². The van der Waals surface area contributed by atoms with Crippen LogP contribution in [0.3, 0.4) is 0 Å². The molecule has 2 N–H and O–H groups in total. The molecular weight excluding hydrogens is 275 g/mol. The number of aliphatic hydroxyl groups is 1. The number of nitrogens with zero attached hydrogens (tertiary/aromatic N) is 1. The number of hydrogen-bond donors (Lipinski definition) is 2. The second-order valence-corrected chi connectivity index (χ2v) is 5.06. The normalized spacial score (nSPS) is 21.4.